The smallest absolute Gasteiger partial charge is 0.243 e. The Morgan fingerprint density at radius 2 is 2.00 bits per heavy atom. The van der Waals surface area contributed by atoms with Crippen molar-refractivity contribution in [3.63, 3.8) is 0 Å². The molecule has 3 rings (SSSR count). The second-order valence-corrected chi connectivity index (χ2v) is 8.46. The lowest BCUT2D eigenvalue weighted by Gasteiger charge is -2.30. The van der Waals surface area contributed by atoms with E-state index in [0.717, 1.165) is 0 Å². The molecule has 0 aromatic heterocycles. The lowest BCUT2D eigenvalue weighted by Crippen LogP contribution is -2.44. The zero-order chi connectivity index (χ0) is 19.4. The molecule has 0 fully saturated rings. The maximum absolute atomic E-state index is 13.1. The van der Waals surface area contributed by atoms with E-state index in [1.165, 1.54) is 22.5 Å². The standard InChI is InChI=1S/C19H19ClN2O4S/c1-2-9-22(12-15-13-25-18-5-3-4-6-19(18)26-15)27(23,24)16-8-7-14(11-21)17(20)10-16/h3-8,10,15H,2,9,12-13H2,1H3. The number of halogens is 1. The predicted octanol–water partition coefficient (Wildman–Crippen LogP) is 3.45. The number of benzene rings is 2. The molecule has 27 heavy (non-hydrogen) atoms. The summed E-state index contributed by atoms with van der Waals surface area (Å²) in [5.74, 6) is 1.25. The minimum absolute atomic E-state index is 0.0528. The Morgan fingerprint density at radius 3 is 2.67 bits per heavy atom. The molecule has 0 amide bonds. The molecule has 0 N–H and O–H groups in total. The van der Waals surface area contributed by atoms with E-state index < -0.39 is 16.1 Å². The van der Waals surface area contributed by atoms with E-state index >= 15 is 0 Å². The van der Waals surface area contributed by atoms with Gasteiger partial charge < -0.3 is 9.47 Å². The van der Waals surface area contributed by atoms with Gasteiger partial charge in [0.1, 0.15) is 18.8 Å². The summed E-state index contributed by atoms with van der Waals surface area (Å²) >= 11 is 6.02. The molecule has 0 saturated heterocycles. The number of nitrogens with zero attached hydrogens (tertiary/aromatic N) is 2. The van der Waals surface area contributed by atoms with Gasteiger partial charge in [0.2, 0.25) is 10.0 Å². The Kier molecular flexibility index (Phi) is 5.90. The van der Waals surface area contributed by atoms with Gasteiger partial charge in [-0.05, 0) is 36.8 Å². The third-order valence-corrected chi connectivity index (χ3v) is 6.32. The Morgan fingerprint density at radius 1 is 1.26 bits per heavy atom. The molecule has 1 atom stereocenters. The van der Waals surface area contributed by atoms with E-state index in [1.54, 1.807) is 6.07 Å². The number of fused-ring (bicyclic) bond motifs is 1. The van der Waals surface area contributed by atoms with Crippen LogP contribution < -0.4 is 9.47 Å². The first-order valence-electron chi connectivity index (χ1n) is 8.54. The van der Waals surface area contributed by atoms with Crippen molar-refractivity contribution in [1.29, 1.82) is 5.26 Å². The van der Waals surface area contributed by atoms with E-state index in [-0.39, 0.29) is 28.6 Å². The van der Waals surface area contributed by atoms with Crippen LogP contribution in [0.25, 0.3) is 0 Å². The second kappa shape index (κ2) is 8.17. The summed E-state index contributed by atoms with van der Waals surface area (Å²) in [5.41, 5.74) is 0.235. The highest BCUT2D eigenvalue weighted by Gasteiger charge is 2.30. The molecule has 1 heterocycles. The Bertz CT molecular complexity index is 972. The SMILES string of the molecule is CCCN(CC1COc2ccccc2O1)S(=O)(=O)c1ccc(C#N)c(Cl)c1. The monoisotopic (exact) mass is 406 g/mol. The normalized spacial score (nSPS) is 16.1. The first kappa shape index (κ1) is 19.5. The van der Waals surface area contributed by atoms with Crippen LogP contribution in [0.3, 0.4) is 0 Å². The van der Waals surface area contributed by atoms with Crippen LogP contribution in [-0.4, -0.2) is 38.5 Å². The number of nitriles is 1. The first-order valence-corrected chi connectivity index (χ1v) is 10.4. The minimum Gasteiger partial charge on any atom is -0.486 e. The number of para-hydroxylation sites is 2. The van der Waals surface area contributed by atoms with Gasteiger partial charge in [0.15, 0.2) is 11.5 Å². The summed E-state index contributed by atoms with van der Waals surface area (Å²) < 4.78 is 39.1. The fraction of sp³-hybridized carbons (Fsp3) is 0.316. The van der Waals surface area contributed by atoms with Gasteiger partial charge in [-0.1, -0.05) is 30.7 Å². The van der Waals surface area contributed by atoms with Crippen LogP contribution in [0.5, 0.6) is 11.5 Å². The average Bonchev–Trinajstić information content (AvgIpc) is 2.67. The number of hydrogen-bond acceptors (Lipinski definition) is 5. The van der Waals surface area contributed by atoms with Crippen LogP contribution in [0.4, 0.5) is 0 Å². The van der Waals surface area contributed by atoms with Crippen molar-refractivity contribution in [2.24, 2.45) is 0 Å². The summed E-state index contributed by atoms with van der Waals surface area (Å²) in [6.45, 7) is 2.66. The molecular weight excluding hydrogens is 388 g/mol. The zero-order valence-electron chi connectivity index (χ0n) is 14.8. The van der Waals surface area contributed by atoms with Crippen LogP contribution in [0.15, 0.2) is 47.4 Å². The van der Waals surface area contributed by atoms with Gasteiger partial charge in [0.05, 0.1) is 22.0 Å². The molecule has 142 valence electrons. The van der Waals surface area contributed by atoms with Crippen molar-refractivity contribution >= 4 is 21.6 Å². The highest BCUT2D eigenvalue weighted by atomic mass is 35.5. The maximum Gasteiger partial charge on any atom is 0.243 e. The summed E-state index contributed by atoms with van der Waals surface area (Å²) in [6.07, 6.45) is 0.225. The van der Waals surface area contributed by atoms with E-state index in [4.69, 9.17) is 26.3 Å². The predicted molar refractivity (Wildman–Crippen MR) is 102 cm³/mol. The van der Waals surface area contributed by atoms with E-state index in [0.29, 0.717) is 24.5 Å². The third kappa shape index (κ3) is 4.19. The van der Waals surface area contributed by atoms with Gasteiger partial charge in [-0.2, -0.15) is 9.57 Å². The molecule has 8 heteroatoms. The molecular formula is C19H19ClN2O4S. The van der Waals surface area contributed by atoms with Gasteiger partial charge in [-0.15, -0.1) is 0 Å². The fourth-order valence-corrected chi connectivity index (χ4v) is 4.71. The van der Waals surface area contributed by atoms with Gasteiger partial charge in [-0.3, -0.25) is 0 Å². The molecule has 0 saturated carbocycles. The van der Waals surface area contributed by atoms with Crippen molar-refractivity contribution in [3.05, 3.63) is 53.1 Å². The average molecular weight is 407 g/mol. The Labute approximate surface area is 163 Å². The van der Waals surface area contributed by atoms with Crippen molar-refractivity contribution in [1.82, 2.24) is 4.31 Å². The molecule has 0 radical (unpaired) electrons. The van der Waals surface area contributed by atoms with E-state index in [1.807, 2.05) is 31.2 Å². The lowest BCUT2D eigenvalue weighted by atomic mass is 10.2. The third-order valence-electron chi connectivity index (χ3n) is 4.15. The molecule has 1 aliphatic rings. The van der Waals surface area contributed by atoms with Crippen LogP contribution in [0, 0.1) is 11.3 Å². The van der Waals surface area contributed by atoms with Crippen molar-refractivity contribution in [3.8, 4) is 17.6 Å². The van der Waals surface area contributed by atoms with E-state index in [2.05, 4.69) is 0 Å². The number of sulfonamides is 1. The molecule has 1 unspecified atom stereocenters. The zero-order valence-corrected chi connectivity index (χ0v) is 16.3. The maximum atomic E-state index is 13.1. The summed E-state index contributed by atoms with van der Waals surface area (Å²) in [5, 5.41) is 9.09. The lowest BCUT2D eigenvalue weighted by molar-refractivity contribution is 0.0764. The molecule has 0 spiro atoms. The second-order valence-electron chi connectivity index (χ2n) is 6.11. The van der Waals surface area contributed by atoms with Crippen LogP contribution in [-0.2, 0) is 10.0 Å². The van der Waals surface area contributed by atoms with Crippen LogP contribution >= 0.6 is 11.6 Å². The van der Waals surface area contributed by atoms with Gasteiger partial charge in [0, 0.05) is 6.54 Å². The largest absolute Gasteiger partial charge is 0.486 e. The Hall–Kier alpha value is -2.27. The molecule has 1 aliphatic heterocycles. The van der Waals surface area contributed by atoms with E-state index in [9.17, 15) is 8.42 Å². The number of ether oxygens (including phenoxy) is 2. The molecule has 0 aliphatic carbocycles. The van der Waals surface area contributed by atoms with Crippen LogP contribution in [0.1, 0.15) is 18.9 Å². The number of rotatable bonds is 6. The minimum atomic E-state index is -3.78. The summed E-state index contributed by atoms with van der Waals surface area (Å²) in [4.78, 5) is 0.0528. The molecule has 2 aromatic rings. The topological polar surface area (TPSA) is 79.6 Å². The van der Waals surface area contributed by atoms with Crippen molar-refractivity contribution in [2.45, 2.75) is 24.3 Å². The Balaban J connectivity index is 1.83. The molecule has 6 nitrogen and oxygen atoms in total. The van der Waals surface area contributed by atoms with Crippen molar-refractivity contribution < 1.29 is 17.9 Å². The number of hydrogen-bond donors (Lipinski definition) is 0. The van der Waals surface area contributed by atoms with Gasteiger partial charge in [-0.25, -0.2) is 8.42 Å². The fourth-order valence-electron chi connectivity index (χ4n) is 2.84. The first-order chi connectivity index (χ1) is 13.0. The summed E-state index contributed by atoms with van der Waals surface area (Å²) in [6, 6.07) is 13.3. The highest BCUT2D eigenvalue weighted by molar-refractivity contribution is 7.89. The highest BCUT2D eigenvalue weighted by Crippen LogP contribution is 2.31. The van der Waals surface area contributed by atoms with Crippen LogP contribution in [0.2, 0.25) is 5.02 Å². The quantitative estimate of drug-likeness (QED) is 0.734. The molecule has 0 bridgehead atoms. The molecule has 2 aromatic carbocycles. The van der Waals surface area contributed by atoms with Crippen molar-refractivity contribution in [2.75, 3.05) is 19.7 Å². The summed E-state index contributed by atoms with van der Waals surface area (Å²) in [7, 11) is -3.78. The van der Waals surface area contributed by atoms with Gasteiger partial charge >= 0.3 is 0 Å². The van der Waals surface area contributed by atoms with Gasteiger partial charge in [0.25, 0.3) is 0 Å².